The van der Waals surface area contributed by atoms with Crippen molar-refractivity contribution in [2.45, 2.75) is 43.7 Å². The fraction of sp³-hybridized carbons (Fsp3) is 0.222. The summed E-state index contributed by atoms with van der Waals surface area (Å²) in [6.07, 6.45) is 1.64. The zero-order valence-corrected chi connectivity index (χ0v) is 20.0. The first kappa shape index (κ1) is 23.0. The fourth-order valence-corrected chi connectivity index (χ4v) is 5.38. The van der Waals surface area contributed by atoms with E-state index >= 15 is 0 Å². The molecular formula is C27H29N3O2S. The molecule has 6 heteroatoms. The lowest BCUT2D eigenvalue weighted by Crippen LogP contribution is -2.31. The van der Waals surface area contributed by atoms with Gasteiger partial charge in [-0.15, -0.1) is 0 Å². The van der Waals surface area contributed by atoms with Gasteiger partial charge in [0.1, 0.15) is 4.90 Å². The Balaban J connectivity index is 1.75. The zero-order chi connectivity index (χ0) is 23.5. The smallest absolute Gasteiger partial charge is 0.244 e. The van der Waals surface area contributed by atoms with Crippen LogP contribution in [0.15, 0.2) is 102 Å². The molecule has 0 spiro atoms. The third-order valence-corrected chi connectivity index (χ3v) is 6.88. The van der Waals surface area contributed by atoms with Crippen LogP contribution >= 0.6 is 0 Å². The maximum Gasteiger partial charge on any atom is 0.244 e. The van der Waals surface area contributed by atoms with Gasteiger partial charge < -0.3 is 0 Å². The van der Waals surface area contributed by atoms with Crippen LogP contribution in [0, 0.1) is 0 Å². The van der Waals surface area contributed by atoms with E-state index in [2.05, 4.69) is 4.72 Å². The molecule has 3 aromatic carbocycles. The van der Waals surface area contributed by atoms with Crippen molar-refractivity contribution in [3.63, 3.8) is 0 Å². The Bertz CT molecular complexity index is 1250. The zero-order valence-electron chi connectivity index (χ0n) is 19.1. The predicted molar refractivity (Wildman–Crippen MR) is 132 cm³/mol. The van der Waals surface area contributed by atoms with Gasteiger partial charge >= 0.3 is 0 Å². The molecule has 0 aliphatic carbocycles. The molecule has 4 aromatic rings. The van der Waals surface area contributed by atoms with Crippen LogP contribution < -0.4 is 4.72 Å². The van der Waals surface area contributed by atoms with E-state index in [-0.39, 0.29) is 4.90 Å². The van der Waals surface area contributed by atoms with Crippen LogP contribution in [0.4, 0.5) is 0 Å². The molecule has 0 saturated carbocycles. The van der Waals surface area contributed by atoms with Crippen LogP contribution in [0.2, 0.25) is 0 Å². The molecule has 170 valence electrons. The van der Waals surface area contributed by atoms with Crippen LogP contribution in [0.25, 0.3) is 0 Å². The molecule has 1 N–H and O–H groups in total. The molecular weight excluding hydrogens is 430 g/mol. The second-order valence-corrected chi connectivity index (χ2v) is 10.8. The highest BCUT2D eigenvalue weighted by molar-refractivity contribution is 7.89. The number of hydrogen-bond acceptors (Lipinski definition) is 3. The maximum atomic E-state index is 13.8. The van der Waals surface area contributed by atoms with Gasteiger partial charge in [-0.05, 0) is 16.7 Å². The summed E-state index contributed by atoms with van der Waals surface area (Å²) in [5.41, 5.74) is 2.92. The van der Waals surface area contributed by atoms with Crippen molar-refractivity contribution >= 4 is 10.0 Å². The number of nitrogens with zero attached hydrogens (tertiary/aromatic N) is 2. The van der Waals surface area contributed by atoms with E-state index in [1.165, 1.54) is 0 Å². The third-order valence-electron chi connectivity index (χ3n) is 5.45. The Morgan fingerprint density at radius 3 is 1.79 bits per heavy atom. The van der Waals surface area contributed by atoms with E-state index in [4.69, 9.17) is 5.10 Å². The predicted octanol–water partition coefficient (Wildman–Crippen LogP) is 5.30. The summed E-state index contributed by atoms with van der Waals surface area (Å²) in [4.78, 5) is 0.211. The molecule has 1 heterocycles. The second-order valence-electron chi connectivity index (χ2n) is 9.15. The van der Waals surface area contributed by atoms with Gasteiger partial charge in [0, 0.05) is 11.6 Å². The van der Waals surface area contributed by atoms with Crippen molar-refractivity contribution in [3.8, 4) is 0 Å². The lowest BCUT2D eigenvalue weighted by Gasteiger charge is -2.22. The molecule has 0 amide bonds. The Morgan fingerprint density at radius 1 is 0.818 bits per heavy atom. The lowest BCUT2D eigenvalue weighted by molar-refractivity contribution is 0.529. The van der Waals surface area contributed by atoms with Gasteiger partial charge in [-0.3, -0.25) is 4.68 Å². The van der Waals surface area contributed by atoms with Crippen molar-refractivity contribution in [2.24, 2.45) is 0 Å². The highest BCUT2D eigenvalue weighted by atomic mass is 32.2. The largest absolute Gasteiger partial charge is 0.267 e. The van der Waals surface area contributed by atoms with Gasteiger partial charge in [0.25, 0.3) is 0 Å². The number of hydrogen-bond donors (Lipinski definition) is 1. The van der Waals surface area contributed by atoms with Crippen LogP contribution in [0.3, 0.4) is 0 Å². The van der Waals surface area contributed by atoms with E-state index in [9.17, 15) is 8.42 Å². The van der Waals surface area contributed by atoms with E-state index in [0.717, 1.165) is 16.7 Å². The standard InChI is InChI=1S/C27H29N3O2S/c1-27(2,3)26-24(20-30(28-26)19-21-13-7-4-8-14-21)33(31,32)29-25(22-15-9-5-10-16-22)23-17-11-6-12-18-23/h4-18,20,25,29H,19H2,1-3H3. The summed E-state index contributed by atoms with van der Waals surface area (Å²) in [6.45, 7) is 6.44. The lowest BCUT2D eigenvalue weighted by atomic mass is 9.92. The topological polar surface area (TPSA) is 64.0 Å². The maximum absolute atomic E-state index is 13.8. The average Bonchev–Trinajstić information content (AvgIpc) is 3.25. The van der Waals surface area contributed by atoms with Crippen molar-refractivity contribution in [2.75, 3.05) is 0 Å². The molecule has 4 rings (SSSR count). The van der Waals surface area contributed by atoms with Gasteiger partial charge in [-0.25, -0.2) is 8.42 Å². The molecule has 0 aliphatic heterocycles. The van der Waals surface area contributed by atoms with Crippen LogP contribution in [0.5, 0.6) is 0 Å². The van der Waals surface area contributed by atoms with E-state index < -0.39 is 21.5 Å². The molecule has 0 radical (unpaired) electrons. The van der Waals surface area contributed by atoms with Gasteiger partial charge in [0.15, 0.2) is 0 Å². The number of rotatable bonds is 7. The van der Waals surface area contributed by atoms with E-state index in [0.29, 0.717) is 12.2 Å². The monoisotopic (exact) mass is 459 g/mol. The van der Waals surface area contributed by atoms with Crippen molar-refractivity contribution in [1.82, 2.24) is 14.5 Å². The molecule has 0 atom stereocenters. The molecule has 0 saturated heterocycles. The van der Waals surface area contributed by atoms with Crippen LogP contribution in [-0.2, 0) is 22.0 Å². The number of benzene rings is 3. The Morgan fingerprint density at radius 2 is 1.30 bits per heavy atom. The first-order valence-electron chi connectivity index (χ1n) is 11.0. The van der Waals surface area contributed by atoms with Crippen molar-refractivity contribution < 1.29 is 8.42 Å². The average molecular weight is 460 g/mol. The summed E-state index contributed by atoms with van der Waals surface area (Å²) in [5, 5.41) is 4.69. The highest BCUT2D eigenvalue weighted by Gasteiger charge is 2.32. The molecule has 1 aromatic heterocycles. The summed E-state index contributed by atoms with van der Waals surface area (Å²) in [5.74, 6) is 0. The first-order chi connectivity index (χ1) is 15.7. The second kappa shape index (κ2) is 9.33. The number of nitrogens with one attached hydrogen (secondary N) is 1. The van der Waals surface area contributed by atoms with E-state index in [1.54, 1.807) is 10.9 Å². The van der Waals surface area contributed by atoms with Gasteiger partial charge in [-0.1, -0.05) is 112 Å². The van der Waals surface area contributed by atoms with Gasteiger partial charge in [-0.2, -0.15) is 9.82 Å². The van der Waals surface area contributed by atoms with Crippen molar-refractivity contribution in [3.05, 3.63) is 120 Å². The Kier molecular flexibility index (Phi) is 6.49. The summed E-state index contributed by atoms with van der Waals surface area (Å²) in [6, 6.07) is 28.6. The minimum Gasteiger partial charge on any atom is -0.267 e. The molecule has 0 bridgehead atoms. The fourth-order valence-electron chi connectivity index (χ4n) is 3.81. The molecule has 0 fully saturated rings. The third kappa shape index (κ3) is 5.41. The molecule has 33 heavy (non-hydrogen) atoms. The number of sulfonamides is 1. The molecule has 5 nitrogen and oxygen atoms in total. The van der Waals surface area contributed by atoms with Crippen LogP contribution in [0.1, 0.15) is 49.2 Å². The summed E-state index contributed by atoms with van der Waals surface area (Å²) >= 11 is 0. The summed E-state index contributed by atoms with van der Waals surface area (Å²) in [7, 11) is -3.87. The van der Waals surface area contributed by atoms with Gasteiger partial charge in [0.2, 0.25) is 10.0 Å². The Labute approximate surface area is 196 Å². The summed E-state index contributed by atoms with van der Waals surface area (Å²) < 4.78 is 32.2. The van der Waals surface area contributed by atoms with E-state index in [1.807, 2.05) is 112 Å². The molecule has 0 aliphatic rings. The Hall–Kier alpha value is -3.22. The first-order valence-corrected chi connectivity index (χ1v) is 12.5. The van der Waals surface area contributed by atoms with Crippen LogP contribution in [-0.4, -0.2) is 18.2 Å². The quantitative estimate of drug-likeness (QED) is 0.408. The highest BCUT2D eigenvalue weighted by Crippen LogP contribution is 2.30. The molecule has 0 unspecified atom stereocenters. The van der Waals surface area contributed by atoms with Gasteiger partial charge in [0.05, 0.1) is 18.3 Å². The number of aromatic nitrogens is 2. The normalized spacial score (nSPS) is 12.2. The minimum atomic E-state index is -3.87. The SMILES string of the molecule is CC(C)(C)c1nn(Cc2ccccc2)cc1S(=O)(=O)NC(c1ccccc1)c1ccccc1. The van der Waals surface area contributed by atoms with Crippen molar-refractivity contribution in [1.29, 1.82) is 0 Å². The minimum absolute atomic E-state index is 0.211.